The molecule has 1 aliphatic rings. The average Bonchev–Trinajstić information content (AvgIpc) is 2.53. The fraction of sp³-hybridized carbons (Fsp3) is 0.800. The van der Waals surface area contributed by atoms with Crippen LogP contribution in [0.2, 0.25) is 0 Å². The van der Waals surface area contributed by atoms with Crippen molar-refractivity contribution in [1.29, 1.82) is 0 Å². The number of rotatable bonds is 0. The second kappa shape index (κ2) is 14.5. The van der Waals surface area contributed by atoms with E-state index in [-0.39, 0.29) is 11.8 Å². The van der Waals surface area contributed by atoms with Crippen LogP contribution in [0.25, 0.3) is 0 Å². The molecular formula is C20H35NO2. The smallest absolute Gasteiger partial charge is 0.226 e. The molecule has 0 aliphatic carbocycles. The van der Waals surface area contributed by atoms with Gasteiger partial charge in [-0.15, -0.1) is 0 Å². The molecule has 0 aromatic carbocycles. The first kappa shape index (κ1) is 19.9. The fourth-order valence-corrected chi connectivity index (χ4v) is 3.03. The summed E-state index contributed by atoms with van der Waals surface area (Å²) in [6, 6.07) is 0. The molecule has 0 saturated carbocycles. The Hall–Kier alpha value is -1.12. The number of hydrogen-bond acceptors (Lipinski definition) is 2. The van der Waals surface area contributed by atoms with Crippen LogP contribution in [0.5, 0.6) is 0 Å². The van der Waals surface area contributed by atoms with E-state index in [4.69, 9.17) is 0 Å². The topological polar surface area (TPSA) is 46.2 Å². The highest BCUT2D eigenvalue weighted by Gasteiger charge is 2.07. The van der Waals surface area contributed by atoms with Crippen molar-refractivity contribution in [2.24, 2.45) is 0 Å². The molecule has 2 amide bonds. The molecule has 3 heteroatoms. The van der Waals surface area contributed by atoms with Crippen molar-refractivity contribution in [1.82, 2.24) is 5.32 Å². The minimum Gasteiger partial charge on any atom is -0.296 e. The summed E-state index contributed by atoms with van der Waals surface area (Å²) < 4.78 is 0. The van der Waals surface area contributed by atoms with E-state index in [1.54, 1.807) is 0 Å². The van der Waals surface area contributed by atoms with Crippen molar-refractivity contribution in [2.45, 2.75) is 103 Å². The quantitative estimate of drug-likeness (QED) is 0.477. The summed E-state index contributed by atoms with van der Waals surface area (Å²) in [6.07, 6.45) is 22.2. The Morgan fingerprint density at radius 2 is 0.870 bits per heavy atom. The molecule has 0 bridgehead atoms. The van der Waals surface area contributed by atoms with Gasteiger partial charge in [0.1, 0.15) is 0 Å². The summed E-state index contributed by atoms with van der Waals surface area (Å²) in [4.78, 5) is 23.3. The summed E-state index contributed by atoms with van der Waals surface area (Å²) in [5.74, 6) is -0.183. The van der Waals surface area contributed by atoms with Crippen LogP contribution in [0.4, 0.5) is 0 Å². The number of carbonyl (C=O) groups excluding carboxylic acids is 2. The van der Waals surface area contributed by atoms with Gasteiger partial charge in [-0.1, -0.05) is 63.5 Å². The van der Waals surface area contributed by atoms with Gasteiger partial charge in [0.2, 0.25) is 11.8 Å². The van der Waals surface area contributed by atoms with Gasteiger partial charge in [0.25, 0.3) is 0 Å². The Kier molecular flexibility index (Phi) is 12.5. The van der Waals surface area contributed by atoms with Gasteiger partial charge >= 0.3 is 0 Å². The van der Waals surface area contributed by atoms with E-state index in [1.807, 2.05) is 0 Å². The number of carbonyl (C=O) groups is 2. The van der Waals surface area contributed by atoms with Crippen LogP contribution in [-0.2, 0) is 9.59 Å². The zero-order chi connectivity index (χ0) is 16.6. The molecule has 1 aliphatic heterocycles. The number of allylic oxidation sites excluding steroid dienone is 2. The van der Waals surface area contributed by atoms with Crippen molar-refractivity contribution in [2.75, 3.05) is 0 Å². The van der Waals surface area contributed by atoms with Crippen LogP contribution in [-0.4, -0.2) is 11.8 Å². The molecule has 0 saturated heterocycles. The van der Waals surface area contributed by atoms with Crippen molar-refractivity contribution < 1.29 is 9.59 Å². The third-order valence-electron chi connectivity index (χ3n) is 4.49. The van der Waals surface area contributed by atoms with Crippen LogP contribution in [0.1, 0.15) is 103 Å². The normalized spacial score (nSPS) is 23.5. The molecule has 3 nitrogen and oxygen atoms in total. The van der Waals surface area contributed by atoms with Crippen molar-refractivity contribution in [3.63, 3.8) is 0 Å². The lowest BCUT2D eigenvalue weighted by molar-refractivity contribution is -0.130. The summed E-state index contributed by atoms with van der Waals surface area (Å²) in [5.41, 5.74) is 0. The zero-order valence-corrected chi connectivity index (χ0v) is 14.8. The Labute approximate surface area is 142 Å². The van der Waals surface area contributed by atoms with Gasteiger partial charge < -0.3 is 0 Å². The molecule has 1 rings (SSSR count). The lowest BCUT2D eigenvalue weighted by atomic mass is 10.1. The third kappa shape index (κ3) is 13.1. The first-order chi connectivity index (χ1) is 11.3. The maximum atomic E-state index is 11.7. The van der Waals surface area contributed by atoms with E-state index in [0.717, 1.165) is 25.7 Å². The van der Waals surface area contributed by atoms with E-state index in [1.165, 1.54) is 64.2 Å². The number of nitrogens with one attached hydrogen (secondary N) is 1. The predicted molar refractivity (Wildman–Crippen MR) is 96.2 cm³/mol. The fourth-order valence-electron chi connectivity index (χ4n) is 3.03. The Morgan fingerprint density at radius 3 is 1.30 bits per heavy atom. The predicted octanol–water partition coefficient (Wildman–Crippen LogP) is 5.44. The first-order valence-corrected chi connectivity index (χ1v) is 9.77. The molecule has 1 N–H and O–H groups in total. The summed E-state index contributed by atoms with van der Waals surface area (Å²) in [6.45, 7) is 0. The second-order valence-corrected chi connectivity index (χ2v) is 6.76. The SMILES string of the molecule is O=C1CCCCCCCC/C=C/CCCCCCCCC(=O)N1. The van der Waals surface area contributed by atoms with Crippen LogP contribution in [0, 0.1) is 0 Å². The highest BCUT2D eigenvalue weighted by molar-refractivity contribution is 5.95. The van der Waals surface area contributed by atoms with Gasteiger partial charge in [0.15, 0.2) is 0 Å². The lowest BCUT2D eigenvalue weighted by Crippen LogP contribution is -2.29. The Balaban J connectivity index is 2.23. The maximum absolute atomic E-state index is 11.7. The van der Waals surface area contributed by atoms with Crippen molar-refractivity contribution in [3.8, 4) is 0 Å². The first-order valence-electron chi connectivity index (χ1n) is 9.77. The second-order valence-electron chi connectivity index (χ2n) is 6.76. The van der Waals surface area contributed by atoms with E-state index in [9.17, 15) is 9.59 Å². The number of amides is 2. The molecule has 0 fully saturated rings. The van der Waals surface area contributed by atoms with Gasteiger partial charge in [0.05, 0.1) is 0 Å². The van der Waals surface area contributed by atoms with Crippen LogP contribution >= 0.6 is 0 Å². The molecule has 0 spiro atoms. The van der Waals surface area contributed by atoms with Crippen LogP contribution in [0.15, 0.2) is 12.2 Å². The largest absolute Gasteiger partial charge is 0.296 e. The summed E-state index contributed by atoms with van der Waals surface area (Å²) >= 11 is 0. The lowest BCUT2D eigenvalue weighted by Gasteiger charge is -2.05. The Bertz CT molecular complexity index is 318. The molecule has 0 atom stereocenters. The van der Waals surface area contributed by atoms with Gasteiger partial charge in [-0.05, 0) is 38.5 Å². The molecule has 23 heavy (non-hydrogen) atoms. The maximum Gasteiger partial charge on any atom is 0.226 e. The van der Waals surface area contributed by atoms with Crippen molar-refractivity contribution in [3.05, 3.63) is 12.2 Å². The Morgan fingerprint density at radius 1 is 0.522 bits per heavy atom. The van der Waals surface area contributed by atoms with Crippen LogP contribution < -0.4 is 5.32 Å². The van der Waals surface area contributed by atoms with Gasteiger partial charge in [-0.2, -0.15) is 0 Å². The van der Waals surface area contributed by atoms with E-state index in [0.29, 0.717) is 12.8 Å². The minimum atomic E-state index is -0.0916. The molecule has 0 aromatic heterocycles. The van der Waals surface area contributed by atoms with Gasteiger partial charge in [0, 0.05) is 12.8 Å². The van der Waals surface area contributed by atoms with E-state index in [2.05, 4.69) is 17.5 Å². The molecule has 132 valence electrons. The monoisotopic (exact) mass is 321 g/mol. The number of imide groups is 1. The number of hydrogen-bond donors (Lipinski definition) is 1. The van der Waals surface area contributed by atoms with Crippen LogP contribution in [0.3, 0.4) is 0 Å². The highest BCUT2D eigenvalue weighted by atomic mass is 16.2. The third-order valence-corrected chi connectivity index (χ3v) is 4.49. The molecule has 1 heterocycles. The summed E-state index contributed by atoms with van der Waals surface area (Å²) in [5, 5.41) is 2.52. The highest BCUT2D eigenvalue weighted by Crippen LogP contribution is 2.11. The average molecular weight is 322 g/mol. The standard InChI is InChI=1S/C20H35NO2/c22-19-17-15-13-11-9-7-5-3-1-2-4-6-8-10-12-14-16-18-20(23)21-19/h1-2H,3-18H2,(H,21,22,23)/b2-1+. The molecule has 0 aromatic rings. The molecular weight excluding hydrogens is 286 g/mol. The van der Waals surface area contributed by atoms with E-state index < -0.39 is 0 Å². The molecule has 0 radical (unpaired) electrons. The van der Waals surface area contributed by atoms with Crippen molar-refractivity contribution >= 4 is 11.8 Å². The molecule has 0 unspecified atom stereocenters. The van der Waals surface area contributed by atoms with Gasteiger partial charge in [-0.25, -0.2) is 0 Å². The van der Waals surface area contributed by atoms with E-state index >= 15 is 0 Å². The minimum absolute atomic E-state index is 0.0916. The zero-order valence-electron chi connectivity index (χ0n) is 14.8. The summed E-state index contributed by atoms with van der Waals surface area (Å²) in [7, 11) is 0. The van der Waals surface area contributed by atoms with Gasteiger partial charge in [-0.3, -0.25) is 14.9 Å².